The predicted octanol–water partition coefficient (Wildman–Crippen LogP) is 3.84. The third-order valence-corrected chi connectivity index (χ3v) is 4.61. The highest BCUT2D eigenvalue weighted by atomic mass is 35.7. The van der Waals surface area contributed by atoms with Crippen molar-refractivity contribution >= 4 is 43.1 Å². The third-order valence-electron chi connectivity index (χ3n) is 1.92. The van der Waals surface area contributed by atoms with Gasteiger partial charge in [-0.1, -0.05) is 6.07 Å². The molecule has 0 N–H and O–H groups in total. The Kier molecular flexibility index (Phi) is 5.01. The Bertz CT molecular complexity index is 638. The molecule has 0 heterocycles. The molecule has 0 aliphatic carbocycles. The normalized spacial score (nSPS) is 12.2. The van der Waals surface area contributed by atoms with E-state index in [-0.39, 0.29) is 11.4 Å². The first-order valence-electron chi connectivity index (χ1n) is 4.42. The second-order valence-electron chi connectivity index (χ2n) is 3.16. The summed E-state index contributed by atoms with van der Waals surface area (Å²) in [6.45, 7) is 0. The number of nitrogens with zero attached hydrogens (tertiary/aromatic N) is 1. The average Bonchev–Trinajstić information content (AvgIpc) is 2.24. The van der Waals surface area contributed by atoms with Gasteiger partial charge in [-0.3, -0.25) is 0 Å². The number of alkyl halides is 4. The molecule has 0 aromatic heterocycles. The fourth-order valence-corrected chi connectivity index (χ4v) is 4.17. The molecular formula is C9H4Cl2F3NO2S2. The molecule has 0 radical (unpaired) electrons. The van der Waals surface area contributed by atoms with E-state index >= 15 is 0 Å². The maximum Gasteiger partial charge on any atom is 0.446 e. The molecule has 1 rings (SSSR count). The Labute approximate surface area is 120 Å². The van der Waals surface area contributed by atoms with Gasteiger partial charge in [0.2, 0.25) is 0 Å². The van der Waals surface area contributed by atoms with Crippen LogP contribution in [0.3, 0.4) is 0 Å². The van der Waals surface area contributed by atoms with Crippen LogP contribution >= 0.6 is 34.0 Å². The van der Waals surface area contributed by atoms with Crippen molar-refractivity contribution in [3.63, 3.8) is 0 Å². The van der Waals surface area contributed by atoms with Crippen molar-refractivity contribution in [3.05, 3.63) is 23.3 Å². The first kappa shape index (κ1) is 16.4. The number of halogens is 5. The lowest BCUT2D eigenvalue weighted by molar-refractivity contribution is -0.0329. The molecule has 0 atom stereocenters. The molecule has 0 saturated carbocycles. The monoisotopic (exact) mass is 349 g/mol. The number of hydrogen-bond acceptors (Lipinski definition) is 4. The molecule has 0 saturated heterocycles. The first-order valence-corrected chi connectivity index (χ1v) is 8.08. The minimum absolute atomic E-state index is 0.0950. The number of hydrogen-bond donors (Lipinski definition) is 0. The Balaban J connectivity index is 3.69. The lowest BCUT2D eigenvalue weighted by Gasteiger charge is -2.13. The fourth-order valence-electron chi connectivity index (χ4n) is 1.28. The molecule has 0 unspecified atom stereocenters. The minimum Gasteiger partial charge on any atom is -0.207 e. The van der Waals surface area contributed by atoms with Gasteiger partial charge in [-0.15, -0.1) is 11.6 Å². The second kappa shape index (κ2) is 5.79. The molecule has 0 fully saturated rings. The molecule has 0 aliphatic heterocycles. The molecule has 1 aromatic rings. The Morgan fingerprint density at radius 1 is 1.37 bits per heavy atom. The van der Waals surface area contributed by atoms with Gasteiger partial charge in [0.25, 0.3) is 9.05 Å². The van der Waals surface area contributed by atoms with Crippen LogP contribution in [-0.4, -0.2) is 13.9 Å². The van der Waals surface area contributed by atoms with E-state index in [1.165, 1.54) is 6.07 Å². The summed E-state index contributed by atoms with van der Waals surface area (Å²) in [5.41, 5.74) is -5.29. The van der Waals surface area contributed by atoms with E-state index in [4.69, 9.17) is 27.5 Å². The van der Waals surface area contributed by atoms with Gasteiger partial charge in [0.15, 0.2) is 0 Å². The van der Waals surface area contributed by atoms with Crippen LogP contribution in [0.1, 0.15) is 11.1 Å². The maximum atomic E-state index is 12.4. The Morgan fingerprint density at radius 2 is 1.95 bits per heavy atom. The van der Waals surface area contributed by atoms with Crippen molar-refractivity contribution in [1.29, 1.82) is 5.26 Å². The predicted molar refractivity (Wildman–Crippen MR) is 65.7 cm³/mol. The van der Waals surface area contributed by atoms with E-state index in [9.17, 15) is 21.6 Å². The summed E-state index contributed by atoms with van der Waals surface area (Å²) in [5, 5.41) is 8.77. The standard InChI is InChI=1S/C9H4Cl2F3NO2S2/c10-3-5-1-2-6(4-15)7(18-9(12,13)14)8(5)19(11,16)17/h1-2H,3H2. The fraction of sp³-hybridized carbons (Fsp3) is 0.222. The largest absolute Gasteiger partial charge is 0.446 e. The molecule has 0 bridgehead atoms. The van der Waals surface area contributed by atoms with E-state index in [1.54, 1.807) is 0 Å². The first-order chi connectivity index (χ1) is 8.60. The number of thioether (sulfide) groups is 1. The lowest BCUT2D eigenvalue weighted by Crippen LogP contribution is -2.07. The van der Waals surface area contributed by atoms with Crippen molar-refractivity contribution in [2.45, 2.75) is 21.2 Å². The quantitative estimate of drug-likeness (QED) is 0.472. The average molecular weight is 350 g/mol. The second-order valence-corrected chi connectivity index (χ2v) is 7.01. The number of nitriles is 1. The van der Waals surface area contributed by atoms with Crippen LogP contribution in [-0.2, 0) is 14.9 Å². The van der Waals surface area contributed by atoms with Gasteiger partial charge in [-0.25, -0.2) is 8.42 Å². The van der Waals surface area contributed by atoms with Gasteiger partial charge >= 0.3 is 5.51 Å². The zero-order chi connectivity index (χ0) is 14.8. The highest BCUT2D eigenvalue weighted by Gasteiger charge is 2.35. The molecular weight excluding hydrogens is 346 g/mol. The Hall–Kier alpha value is -0.620. The summed E-state index contributed by atoms with van der Waals surface area (Å²) in [4.78, 5) is -1.53. The highest BCUT2D eigenvalue weighted by molar-refractivity contribution is 8.14. The van der Waals surface area contributed by atoms with Crippen LogP contribution in [0.4, 0.5) is 13.2 Å². The summed E-state index contributed by atoms with van der Waals surface area (Å²) in [7, 11) is 0.664. The number of rotatable bonds is 3. The Morgan fingerprint density at radius 3 is 2.32 bits per heavy atom. The van der Waals surface area contributed by atoms with Crippen LogP contribution in [0, 0.1) is 11.3 Å². The summed E-state index contributed by atoms with van der Waals surface area (Å²) in [6, 6.07) is 3.72. The zero-order valence-electron chi connectivity index (χ0n) is 8.83. The molecule has 3 nitrogen and oxygen atoms in total. The summed E-state index contributed by atoms with van der Waals surface area (Å²) in [5.74, 6) is -0.349. The summed E-state index contributed by atoms with van der Waals surface area (Å²) < 4.78 is 60.1. The van der Waals surface area contributed by atoms with Gasteiger partial charge in [0.05, 0.1) is 10.5 Å². The molecule has 1 aromatic carbocycles. The van der Waals surface area contributed by atoms with Crippen molar-refractivity contribution < 1.29 is 21.6 Å². The van der Waals surface area contributed by atoms with E-state index in [1.807, 2.05) is 0 Å². The van der Waals surface area contributed by atoms with Crippen molar-refractivity contribution in [2.24, 2.45) is 0 Å². The molecule has 0 amide bonds. The van der Waals surface area contributed by atoms with E-state index < -0.39 is 41.7 Å². The van der Waals surface area contributed by atoms with Crippen LogP contribution in [0.5, 0.6) is 0 Å². The van der Waals surface area contributed by atoms with E-state index in [0.29, 0.717) is 0 Å². The van der Waals surface area contributed by atoms with Gasteiger partial charge in [0, 0.05) is 16.6 Å². The van der Waals surface area contributed by atoms with E-state index in [0.717, 1.165) is 12.1 Å². The minimum atomic E-state index is -4.76. The van der Waals surface area contributed by atoms with Crippen LogP contribution in [0.2, 0.25) is 0 Å². The topological polar surface area (TPSA) is 57.9 Å². The highest BCUT2D eigenvalue weighted by Crippen LogP contribution is 2.43. The van der Waals surface area contributed by atoms with Crippen LogP contribution in [0.25, 0.3) is 0 Å². The van der Waals surface area contributed by atoms with Gasteiger partial charge < -0.3 is 0 Å². The zero-order valence-corrected chi connectivity index (χ0v) is 12.0. The van der Waals surface area contributed by atoms with Crippen LogP contribution in [0.15, 0.2) is 21.9 Å². The summed E-state index contributed by atoms with van der Waals surface area (Å²) >= 11 is 4.77. The third kappa shape index (κ3) is 4.18. The summed E-state index contributed by atoms with van der Waals surface area (Å²) in [6.07, 6.45) is 0. The lowest BCUT2D eigenvalue weighted by atomic mass is 10.2. The SMILES string of the molecule is N#Cc1ccc(CCl)c(S(=O)(=O)Cl)c1SC(F)(F)F. The van der Waals surface area contributed by atoms with Gasteiger partial charge in [-0.05, 0) is 23.4 Å². The van der Waals surface area contributed by atoms with Crippen molar-refractivity contribution in [3.8, 4) is 6.07 Å². The van der Waals surface area contributed by atoms with E-state index in [2.05, 4.69) is 0 Å². The maximum absolute atomic E-state index is 12.4. The molecule has 19 heavy (non-hydrogen) atoms. The van der Waals surface area contributed by atoms with Crippen molar-refractivity contribution in [2.75, 3.05) is 0 Å². The molecule has 10 heteroatoms. The van der Waals surface area contributed by atoms with Gasteiger partial charge in [0.1, 0.15) is 11.0 Å². The number of benzene rings is 1. The molecule has 0 spiro atoms. The van der Waals surface area contributed by atoms with Crippen LogP contribution < -0.4 is 0 Å². The molecule has 0 aliphatic rings. The smallest absolute Gasteiger partial charge is 0.207 e. The van der Waals surface area contributed by atoms with Crippen molar-refractivity contribution in [1.82, 2.24) is 0 Å². The molecule has 104 valence electrons. The van der Waals surface area contributed by atoms with Gasteiger partial charge in [-0.2, -0.15) is 18.4 Å².